The average Bonchev–Trinajstić information content (AvgIpc) is 2.02. The Morgan fingerprint density at radius 2 is 1.86 bits per heavy atom. The molecule has 0 unspecified atom stereocenters. The third-order valence-corrected chi connectivity index (χ3v) is 2.24. The minimum Gasteiger partial charge on any atom is -0.393 e. The van der Waals surface area contributed by atoms with Crippen molar-refractivity contribution in [2.75, 3.05) is 0 Å². The molecule has 0 aliphatic rings. The lowest BCUT2D eigenvalue weighted by molar-refractivity contribution is -0.121. The van der Waals surface area contributed by atoms with Gasteiger partial charge in [0.25, 0.3) is 0 Å². The molecule has 1 atom stereocenters. The molecule has 0 aromatic carbocycles. The maximum atomic E-state index is 11.3. The zero-order valence-electron chi connectivity index (χ0n) is 9.75. The van der Waals surface area contributed by atoms with Gasteiger partial charge in [0.15, 0.2) is 0 Å². The molecule has 2 nitrogen and oxygen atoms in total. The van der Waals surface area contributed by atoms with E-state index in [1.807, 2.05) is 13.8 Å². The highest BCUT2D eigenvalue weighted by molar-refractivity contribution is 5.78. The second-order valence-electron chi connectivity index (χ2n) is 4.49. The molecule has 14 heavy (non-hydrogen) atoms. The third kappa shape index (κ3) is 8.24. The summed E-state index contributed by atoms with van der Waals surface area (Å²) in [6, 6.07) is 0. The van der Waals surface area contributed by atoms with Gasteiger partial charge in [-0.1, -0.05) is 40.0 Å². The number of hydrogen-bond donors (Lipinski definition) is 1. The molecule has 84 valence electrons. The summed E-state index contributed by atoms with van der Waals surface area (Å²) in [5.41, 5.74) is 0. The van der Waals surface area contributed by atoms with Gasteiger partial charge in [0.2, 0.25) is 0 Å². The second kappa shape index (κ2) is 7.98. The van der Waals surface area contributed by atoms with E-state index in [-0.39, 0.29) is 5.78 Å². The molecule has 0 aromatic heterocycles. The van der Waals surface area contributed by atoms with Crippen molar-refractivity contribution in [3.63, 3.8) is 0 Å². The van der Waals surface area contributed by atoms with Crippen LogP contribution in [0.2, 0.25) is 0 Å². The first-order valence-corrected chi connectivity index (χ1v) is 5.76. The van der Waals surface area contributed by atoms with Gasteiger partial charge in [-0.2, -0.15) is 0 Å². The predicted molar refractivity (Wildman–Crippen MR) is 59.2 cm³/mol. The summed E-state index contributed by atoms with van der Waals surface area (Å²) >= 11 is 0. The Labute approximate surface area is 87.7 Å². The van der Waals surface area contributed by atoms with Crippen molar-refractivity contribution in [1.29, 1.82) is 0 Å². The van der Waals surface area contributed by atoms with Crippen molar-refractivity contribution >= 4 is 5.78 Å². The molecular weight excluding hydrogens is 176 g/mol. The molecule has 0 fully saturated rings. The summed E-state index contributed by atoms with van der Waals surface area (Å²) in [7, 11) is 0. The molecular formula is C12H24O2. The standard InChI is InChI=1S/C12H24O2/c1-4-5-6-7-11(13)9-12(14)8-10(2)3/h10-11,13H,4-9H2,1-3H3/t11-/m1/s1. The number of aliphatic hydroxyl groups is 1. The highest BCUT2D eigenvalue weighted by Crippen LogP contribution is 2.10. The molecule has 1 N–H and O–H groups in total. The number of carbonyl (C=O) groups is 1. The van der Waals surface area contributed by atoms with Gasteiger partial charge in [-0.3, -0.25) is 4.79 Å². The smallest absolute Gasteiger partial charge is 0.135 e. The first kappa shape index (κ1) is 13.6. The molecule has 0 bridgehead atoms. The van der Waals surface area contributed by atoms with E-state index >= 15 is 0 Å². The fourth-order valence-electron chi connectivity index (χ4n) is 1.53. The van der Waals surface area contributed by atoms with Gasteiger partial charge in [-0.05, 0) is 12.3 Å². The molecule has 0 radical (unpaired) electrons. The average molecular weight is 200 g/mol. The Hall–Kier alpha value is -0.370. The monoisotopic (exact) mass is 200 g/mol. The Kier molecular flexibility index (Phi) is 7.77. The zero-order chi connectivity index (χ0) is 11.0. The Balaban J connectivity index is 3.50. The number of aliphatic hydroxyl groups excluding tert-OH is 1. The summed E-state index contributed by atoms with van der Waals surface area (Å²) in [4.78, 5) is 11.3. The maximum Gasteiger partial charge on any atom is 0.135 e. The molecule has 2 heteroatoms. The molecule has 0 amide bonds. The van der Waals surface area contributed by atoms with Crippen LogP contribution in [-0.4, -0.2) is 17.0 Å². The predicted octanol–water partition coefficient (Wildman–Crippen LogP) is 2.93. The van der Waals surface area contributed by atoms with Gasteiger partial charge in [0, 0.05) is 12.8 Å². The van der Waals surface area contributed by atoms with E-state index in [4.69, 9.17) is 0 Å². The van der Waals surface area contributed by atoms with Gasteiger partial charge < -0.3 is 5.11 Å². The first-order chi connectivity index (χ1) is 6.56. The number of rotatable bonds is 8. The fraction of sp³-hybridized carbons (Fsp3) is 0.917. The lowest BCUT2D eigenvalue weighted by Crippen LogP contribution is -2.14. The topological polar surface area (TPSA) is 37.3 Å². The highest BCUT2D eigenvalue weighted by atomic mass is 16.3. The van der Waals surface area contributed by atoms with Crippen LogP contribution in [0.5, 0.6) is 0 Å². The largest absolute Gasteiger partial charge is 0.393 e. The zero-order valence-corrected chi connectivity index (χ0v) is 9.75. The Bertz CT molecular complexity index is 152. The van der Waals surface area contributed by atoms with Crippen molar-refractivity contribution in [2.24, 2.45) is 5.92 Å². The number of hydrogen-bond acceptors (Lipinski definition) is 2. The molecule has 0 heterocycles. The van der Waals surface area contributed by atoms with Crippen molar-refractivity contribution < 1.29 is 9.90 Å². The molecule has 0 aliphatic heterocycles. The number of unbranched alkanes of at least 4 members (excludes halogenated alkanes) is 2. The Morgan fingerprint density at radius 3 is 2.36 bits per heavy atom. The third-order valence-electron chi connectivity index (χ3n) is 2.24. The quantitative estimate of drug-likeness (QED) is 0.612. The molecule has 0 rings (SSSR count). The van der Waals surface area contributed by atoms with Crippen LogP contribution in [0.4, 0.5) is 0 Å². The van der Waals surface area contributed by atoms with E-state index in [1.54, 1.807) is 0 Å². The lowest BCUT2D eigenvalue weighted by atomic mass is 10.00. The summed E-state index contributed by atoms with van der Waals surface area (Å²) in [6.07, 6.45) is 4.66. The normalized spacial score (nSPS) is 13.2. The van der Waals surface area contributed by atoms with E-state index < -0.39 is 6.10 Å². The summed E-state index contributed by atoms with van der Waals surface area (Å²) < 4.78 is 0. The molecule has 0 saturated heterocycles. The molecule has 0 aromatic rings. The molecule has 0 saturated carbocycles. The fourth-order valence-corrected chi connectivity index (χ4v) is 1.53. The van der Waals surface area contributed by atoms with Crippen LogP contribution in [0.3, 0.4) is 0 Å². The van der Waals surface area contributed by atoms with E-state index in [0.29, 0.717) is 18.8 Å². The van der Waals surface area contributed by atoms with E-state index in [1.165, 1.54) is 0 Å². The lowest BCUT2D eigenvalue weighted by Gasteiger charge is -2.10. The first-order valence-electron chi connectivity index (χ1n) is 5.76. The Morgan fingerprint density at radius 1 is 1.21 bits per heavy atom. The van der Waals surface area contributed by atoms with Crippen LogP contribution >= 0.6 is 0 Å². The van der Waals surface area contributed by atoms with Crippen molar-refractivity contribution in [2.45, 2.75) is 65.4 Å². The van der Waals surface area contributed by atoms with Crippen molar-refractivity contribution in [3.8, 4) is 0 Å². The summed E-state index contributed by atoms with van der Waals surface area (Å²) in [5.74, 6) is 0.606. The number of ketones is 1. The van der Waals surface area contributed by atoms with E-state index in [9.17, 15) is 9.90 Å². The van der Waals surface area contributed by atoms with Crippen LogP contribution in [0.1, 0.15) is 59.3 Å². The van der Waals surface area contributed by atoms with Gasteiger partial charge in [-0.25, -0.2) is 0 Å². The second-order valence-corrected chi connectivity index (χ2v) is 4.49. The van der Waals surface area contributed by atoms with Gasteiger partial charge in [0.05, 0.1) is 6.10 Å². The van der Waals surface area contributed by atoms with E-state index in [2.05, 4.69) is 6.92 Å². The minimum absolute atomic E-state index is 0.198. The number of Topliss-reactive ketones (excluding diaryl/α,β-unsaturated/α-hetero) is 1. The van der Waals surface area contributed by atoms with Crippen LogP contribution in [0, 0.1) is 5.92 Å². The van der Waals surface area contributed by atoms with Crippen LogP contribution in [-0.2, 0) is 4.79 Å². The van der Waals surface area contributed by atoms with Gasteiger partial charge >= 0.3 is 0 Å². The van der Waals surface area contributed by atoms with Crippen LogP contribution in [0.25, 0.3) is 0 Å². The van der Waals surface area contributed by atoms with Gasteiger partial charge in [0.1, 0.15) is 5.78 Å². The van der Waals surface area contributed by atoms with Crippen LogP contribution in [0.15, 0.2) is 0 Å². The van der Waals surface area contributed by atoms with E-state index in [0.717, 1.165) is 25.7 Å². The summed E-state index contributed by atoms with van der Waals surface area (Å²) in [6.45, 7) is 6.19. The molecule has 0 spiro atoms. The minimum atomic E-state index is -0.409. The molecule has 0 aliphatic carbocycles. The summed E-state index contributed by atoms with van der Waals surface area (Å²) in [5, 5.41) is 9.54. The van der Waals surface area contributed by atoms with Crippen molar-refractivity contribution in [1.82, 2.24) is 0 Å². The van der Waals surface area contributed by atoms with Crippen molar-refractivity contribution in [3.05, 3.63) is 0 Å². The maximum absolute atomic E-state index is 11.3. The number of carbonyl (C=O) groups excluding carboxylic acids is 1. The van der Waals surface area contributed by atoms with Crippen LogP contribution < -0.4 is 0 Å². The SMILES string of the molecule is CCCCC[C@@H](O)CC(=O)CC(C)C. The highest BCUT2D eigenvalue weighted by Gasteiger charge is 2.11. The van der Waals surface area contributed by atoms with Gasteiger partial charge in [-0.15, -0.1) is 0 Å².